The van der Waals surface area contributed by atoms with Gasteiger partial charge in [0.1, 0.15) is 5.82 Å². The van der Waals surface area contributed by atoms with Gasteiger partial charge in [-0.25, -0.2) is 4.39 Å². The maximum atomic E-state index is 13.5. The fraction of sp³-hybridized carbons (Fsp3) is 0.188. The summed E-state index contributed by atoms with van der Waals surface area (Å²) >= 11 is 0. The number of non-ortho nitro benzene ring substituents is 1. The minimum absolute atomic E-state index is 0.0517. The molecule has 0 fully saturated rings. The second-order valence-electron chi connectivity index (χ2n) is 4.79. The minimum atomic E-state index is -0.438. The van der Waals surface area contributed by atoms with Crippen molar-refractivity contribution in [1.29, 1.82) is 0 Å². The largest absolute Gasteiger partial charge is 0.352 e. The molecular formula is C16H17FN4O2. The molecule has 0 aliphatic heterocycles. The summed E-state index contributed by atoms with van der Waals surface area (Å²) in [6, 6.07) is 12.8. The van der Waals surface area contributed by atoms with Crippen molar-refractivity contribution in [3.05, 3.63) is 75.6 Å². The number of hydrogen-bond donors (Lipinski definition) is 2. The van der Waals surface area contributed by atoms with E-state index in [1.165, 1.54) is 18.2 Å². The van der Waals surface area contributed by atoms with E-state index in [9.17, 15) is 14.5 Å². The second-order valence-corrected chi connectivity index (χ2v) is 4.79. The fourth-order valence-electron chi connectivity index (χ4n) is 1.96. The van der Waals surface area contributed by atoms with E-state index in [4.69, 9.17) is 0 Å². The van der Waals surface area contributed by atoms with Crippen LogP contribution in [0.1, 0.15) is 11.1 Å². The van der Waals surface area contributed by atoms with Gasteiger partial charge in [0.15, 0.2) is 5.96 Å². The van der Waals surface area contributed by atoms with Crippen LogP contribution in [0, 0.1) is 15.9 Å². The van der Waals surface area contributed by atoms with E-state index in [1.54, 1.807) is 37.4 Å². The van der Waals surface area contributed by atoms with Crippen LogP contribution in [-0.2, 0) is 13.1 Å². The van der Waals surface area contributed by atoms with Gasteiger partial charge in [-0.05, 0) is 11.6 Å². The number of hydrogen-bond acceptors (Lipinski definition) is 3. The number of nitro benzene ring substituents is 1. The average Bonchev–Trinajstić information content (AvgIpc) is 2.57. The first-order valence-corrected chi connectivity index (χ1v) is 7.01. The van der Waals surface area contributed by atoms with E-state index >= 15 is 0 Å². The lowest BCUT2D eigenvalue weighted by Crippen LogP contribution is -2.36. The zero-order valence-corrected chi connectivity index (χ0v) is 12.6. The number of rotatable bonds is 5. The summed E-state index contributed by atoms with van der Waals surface area (Å²) < 4.78 is 13.5. The number of guanidine groups is 1. The molecule has 6 nitrogen and oxygen atoms in total. The quantitative estimate of drug-likeness (QED) is 0.384. The molecule has 2 rings (SSSR count). The molecule has 0 saturated carbocycles. The standard InChI is InChI=1S/C16H17FN4O2/c1-18-16(20-11-13-4-2-3-5-15(13)17)19-10-12-6-8-14(9-7-12)21(22)23/h2-9H,10-11H2,1H3,(H2,18,19,20). The lowest BCUT2D eigenvalue weighted by atomic mass is 10.2. The third-order valence-corrected chi connectivity index (χ3v) is 3.23. The van der Waals surface area contributed by atoms with Gasteiger partial charge in [-0.2, -0.15) is 0 Å². The summed E-state index contributed by atoms with van der Waals surface area (Å²) in [4.78, 5) is 14.2. The van der Waals surface area contributed by atoms with Crippen LogP contribution in [0.2, 0.25) is 0 Å². The van der Waals surface area contributed by atoms with Crippen molar-refractivity contribution in [3.8, 4) is 0 Å². The molecule has 0 radical (unpaired) electrons. The number of nitrogens with one attached hydrogen (secondary N) is 2. The van der Waals surface area contributed by atoms with Crippen LogP contribution in [0.4, 0.5) is 10.1 Å². The molecule has 23 heavy (non-hydrogen) atoms. The molecule has 2 aromatic rings. The predicted molar refractivity (Wildman–Crippen MR) is 86.5 cm³/mol. The lowest BCUT2D eigenvalue weighted by molar-refractivity contribution is -0.384. The van der Waals surface area contributed by atoms with Crippen molar-refractivity contribution in [2.75, 3.05) is 7.05 Å². The first kappa shape index (κ1) is 16.4. The van der Waals surface area contributed by atoms with E-state index in [0.29, 0.717) is 24.6 Å². The predicted octanol–water partition coefficient (Wildman–Crippen LogP) is 2.60. The molecule has 0 amide bonds. The molecule has 0 aromatic heterocycles. The highest BCUT2D eigenvalue weighted by Crippen LogP contribution is 2.11. The third-order valence-electron chi connectivity index (χ3n) is 3.23. The van der Waals surface area contributed by atoms with E-state index in [0.717, 1.165) is 5.56 Å². The molecule has 120 valence electrons. The Morgan fingerprint density at radius 1 is 1.13 bits per heavy atom. The van der Waals surface area contributed by atoms with E-state index in [2.05, 4.69) is 15.6 Å². The first-order chi connectivity index (χ1) is 11.1. The highest BCUT2D eigenvalue weighted by atomic mass is 19.1. The van der Waals surface area contributed by atoms with Crippen molar-refractivity contribution in [2.24, 2.45) is 4.99 Å². The zero-order valence-electron chi connectivity index (χ0n) is 12.6. The number of nitrogens with zero attached hydrogens (tertiary/aromatic N) is 2. The van der Waals surface area contributed by atoms with Crippen molar-refractivity contribution in [1.82, 2.24) is 10.6 Å². The summed E-state index contributed by atoms with van der Waals surface area (Å²) in [5.41, 5.74) is 1.48. The fourth-order valence-corrected chi connectivity index (χ4v) is 1.96. The van der Waals surface area contributed by atoms with Gasteiger partial charge >= 0.3 is 0 Å². The highest BCUT2D eigenvalue weighted by Gasteiger charge is 2.05. The maximum absolute atomic E-state index is 13.5. The van der Waals surface area contributed by atoms with Crippen molar-refractivity contribution in [3.63, 3.8) is 0 Å². The summed E-state index contributed by atoms with van der Waals surface area (Å²) in [5, 5.41) is 16.7. The van der Waals surface area contributed by atoms with Crippen LogP contribution in [0.15, 0.2) is 53.5 Å². The molecule has 0 aliphatic carbocycles. The highest BCUT2D eigenvalue weighted by molar-refractivity contribution is 5.79. The maximum Gasteiger partial charge on any atom is 0.269 e. The van der Waals surface area contributed by atoms with Crippen LogP contribution in [0.5, 0.6) is 0 Å². The number of halogens is 1. The van der Waals surface area contributed by atoms with E-state index < -0.39 is 4.92 Å². The number of nitro groups is 1. The smallest absolute Gasteiger partial charge is 0.269 e. The van der Waals surface area contributed by atoms with Gasteiger partial charge in [0.25, 0.3) is 5.69 Å². The van der Waals surface area contributed by atoms with Crippen LogP contribution in [-0.4, -0.2) is 17.9 Å². The van der Waals surface area contributed by atoms with Gasteiger partial charge in [-0.1, -0.05) is 30.3 Å². The first-order valence-electron chi connectivity index (χ1n) is 7.01. The van der Waals surface area contributed by atoms with Crippen molar-refractivity contribution >= 4 is 11.6 Å². The Labute approximate surface area is 133 Å². The van der Waals surface area contributed by atoms with Crippen molar-refractivity contribution < 1.29 is 9.31 Å². The van der Waals surface area contributed by atoms with Gasteiger partial charge in [0.2, 0.25) is 0 Å². The molecule has 0 bridgehead atoms. The van der Waals surface area contributed by atoms with Gasteiger partial charge in [0, 0.05) is 37.8 Å². The lowest BCUT2D eigenvalue weighted by Gasteiger charge is -2.12. The molecule has 2 aromatic carbocycles. The third kappa shape index (κ3) is 4.77. The second kappa shape index (κ2) is 7.88. The zero-order chi connectivity index (χ0) is 16.7. The van der Waals surface area contributed by atoms with Gasteiger partial charge in [0.05, 0.1) is 4.92 Å². The Morgan fingerprint density at radius 2 is 1.78 bits per heavy atom. The summed E-state index contributed by atoms with van der Waals surface area (Å²) in [6.45, 7) is 0.765. The van der Waals surface area contributed by atoms with Crippen LogP contribution < -0.4 is 10.6 Å². The molecular weight excluding hydrogens is 299 g/mol. The Balaban J connectivity index is 1.88. The Bertz CT molecular complexity index is 701. The van der Waals surface area contributed by atoms with Gasteiger partial charge < -0.3 is 10.6 Å². The normalized spacial score (nSPS) is 11.1. The molecule has 0 saturated heterocycles. The van der Waals surface area contributed by atoms with Crippen molar-refractivity contribution in [2.45, 2.75) is 13.1 Å². The number of aliphatic imine (C=N–C) groups is 1. The summed E-state index contributed by atoms with van der Waals surface area (Å²) in [6.07, 6.45) is 0. The summed E-state index contributed by atoms with van der Waals surface area (Å²) in [7, 11) is 1.62. The van der Waals surface area contributed by atoms with Crippen LogP contribution in [0.25, 0.3) is 0 Å². The van der Waals surface area contributed by atoms with Crippen LogP contribution >= 0.6 is 0 Å². The molecule has 0 atom stereocenters. The Kier molecular flexibility index (Phi) is 5.62. The minimum Gasteiger partial charge on any atom is -0.352 e. The molecule has 0 spiro atoms. The molecule has 7 heteroatoms. The Hall–Kier alpha value is -2.96. The number of benzene rings is 2. The molecule has 0 aliphatic rings. The van der Waals surface area contributed by atoms with E-state index in [-0.39, 0.29) is 11.5 Å². The summed E-state index contributed by atoms with van der Waals surface area (Å²) in [5.74, 6) is 0.248. The SMILES string of the molecule is CN=C(NCc1ccc([N+](=O)[O-])cc1)NCc1ccccc1F. The van der Waals surface area contributed by atoms with Gasteiger partial charge in [-0.3, -0.25) is 15.1 Å². The van der Waals surface area contributed by atoms with E-state index in [1.807, 2.05) is 0 Å². The molecule has 0 heterocycles. The molecule has 2 N–H and O–H groups in total. The van der Waals surface area contributed by atoms with Crippen LogP contribution in [0.3, 0.4) is 0 Å². The molecule has 0 unspecified atom stereocenters. The average molecular weight is 316 g/mol. The topological polar surface area (TPSA) is 79.6 Å². The van der Waals surface area contributed by atoms with Gasteiger partial charge in [-0.15, -0.1) is 0 Å². The Morgan fingerprint density at radius 3 is 2.39 bits per heavy atom. The monoisotopic (exact) mass is 316 g/mol.